The minimum absolute atomic E-state index is 0.00725. The standard InChI is InChI=1S/C18H19F4N3O2/c1-3-4-5-26-11-6-13(19)17(14(20)7-11)24-25-18-15(21)8-12(9-16(18)22)27-10(2)23/h6-10H,3-5,23H2,1-2H3. The summed E-state index contributed by atoms with van der Waals surface area (Å²) >= 11 is 0. The van der Waals surface area contributed by atoms with Crippen LogP contribution in [0.4, 0.5) is 28.9 Å². The summed E-state index contributed by atoms with van der Waals surface area (Å²) in [5, 5.41) is 6.59. The number of benzene rings is 2. The van der Waals surface area contributed by atoms with Crippen LogP contribution in [0.2, 0.25) is 0 Å². The third kappa shape index (κ3) is 5.65. The molecule has 0 saturated carbocycles. The lowest BCUT2D eigenvalue weighted by atomic mass is 10.2. The Morgan fingerprint density at radius 2 is 1.33 bits per heavy atom. The van der Waals surface area contributed by atoms with Crippen LogP contribution >= 0.6 is 0 Å². The molecule has 2 aromatic rings. The number of hydrogen-bond acceptors (Lipinski definition) is 5. The van der Waals surface area contributed by atoms with Crippen LogP contribution in [0, 0.1) is 23.3 Å². The van der Waals surface area contributed by atoms with E-state index in [1.807, 2.05) is 6.92 Å². The molecule has 0 aromatic heterocycles. The number of halogens is 4. The molecule has 0 bridgehead atoms. The highest BCUT2D eigenvalue weighted by molar-refractivity contribution is 5.47. The van der Waals surface area contributed by atoms with Crippen molar-refractivity contribution in [2.24, 2.45) is 16.0 Å². The Hall–Kier alpha value is -2.68. The maximum atomic E-state index is 14.0. The minimum atomic E-state index is -1.12. The predicted octanol–water partition coefficient (Wildman–Crippen LogP) is 5.52. The molecule has 2 N–H and O–H groups in total. The van der Waals surface area contributed by atoms with Gasteiger partial charge in [-0.3, -0.25) is 5.73 Å². The van der Waals surface area contributed by atoms with Crippen molar-refractivity contribution in [3.05, 3.63) is 47.5 Å². The van der Waals surface area contributed by atoms with Gasteiger partial charge in [0.15, 0.2) is 34.6 Å². The summed E-state index contributed by atoms with van der Waals surface area (Å²) in [6.07, 6.45) is 0.812. The van der Waals surface area contributed by atoms with Gasteiger partial charge < -0.3 is 9.47 Å². The van der Waals surface area contributed by atoms with E-state index in [0.717, 1.165) is 37.1 Å². The molecule has 5 nitrogen and oxygen atoms in total. The Bertz CT molecular complexity index is 782. The number of unbranched alkanes of at least 4 members (excludes halogenated alkanes) is 1. The van der Waals surface area contributed by atoms with Crippen molar-refractivity contribution < 1.29 is 27.0 Å². The molecule has 0 radical (unpaired) electrons. The maximum Gasteiger partial charge on any atom is 0.157 e. The highest BCUT2D eigenvalue weighted by atomic mass is 19.1. The Kier molecular flexibility index (Phi) is 7.12. The summed E-state index contributed by atoms with van der Waals surface area (Å²) in [7, 11) is 0. The molecule has 0 fully saturated rings. The first-order chi connectivity index (χ1) is 12.8. The van der Waals surface area contributed by atoms with Crippen molar-refractivity contribution in [2.45, 2.75) is 32.9 Å². The van der Waals surface area contributed by atoms with Crippen LogP contribution in [-0.4, -0.2) is 12.8 Å². The fourth-order valence-corrected chi connectivity index (χ4v) is 2.08. The summed E-state index contributed by atoms with van der Waals surface area (Å²) in [6, 6.07) is 3.55. The smallest absolute Gasteiger partial charge is 0.157 e. The van der Waals surface area contributed by atoms with Crippen LogP contribution in [0.15, 0.2) is 34.5 Å². The van der Waals surface area contributed by atoms with Crippen LogP contribution in [0.5, 0.6) is 11.5 Å². The van der Waals surface area contributed by atoms with Crippen LogP contribution in [0.25, 0.3) is 0 Å². The quantitative estimate of drug-likeness (QED) is 0.281. The zero-order valence-corrected chi connectivity index (χ0v) is 14.8. The van der Waals surface area contributed by atoms with Crippen molar-refractivity contribution in [1.82, 2.24) is 0 Å². The van der Waals surface area contributed by atoms with E-state index < -0.39 is 40.9 Å². The molecule has 27 heavy (non-hydrogen) atoms. The van der Waals surface area contributed by atoms with Gasteiger partial charge in [-0.05, 0) is 13.3 Å². The monoisotopic (exact) mass is 385 g/mol. The Morgan fingerprint density at radius 1 is 0.889 bits per heavy atom. The molecule has 0 aliphatic heterocycles. The number of ether oxygens (including phenoxy) is 2. The van der Waals surface area contributed by atoms with Gasteiger partial charge in [0.1, 0.15) is 17.7 Å². The molecule has 0 amide bonds. The Labute approximate surface area is 153 Å². The number of azo groups is 1. The average molecular weight is 385 g/mol. The minimum Gasteiger partial charge on any atom is -0.493 e. The first-order valence-corrected chi connectivity index (χ1v) is 8.26. The van der Waals surface area contributed by atoms with Crippen LogP contribution in [-0.2, 0) is 0 Å². The van der Waals surface area contributed by atoms with Gasteiger partial charge in [0.05, 0.1) is 6.61 Å². The van der Waals surface area contributed by atoms with Gasteiger partial charge in [-0.15, -0.1) is 10.2 Å². The molecule has 0 aliphatic carbocycles. The molecular formula is C18H19F4N3O2. The Balaban J connectivity index is 2.25. The molecular weight excluding hydrogens is 366 g/mol. The SMILES string of the molecule is CCCCOc1cc(F)c(N=Nc2c(F)cc(OC(C)N)cc2F)c(F)c1. The predicted molar refractivity (Wildman–Crippen MR) is 91.6 cm³/mol. The summed E-state index contributed by atoms with van der Waals surface area (Å²) in [5.74, 6) is -4.52. The lowest BCUT2D eigenvalue weighted by Crippen LogP contribution is -2.22. The third-order valence-electron chi connectivity index (χ3n) is 3.32. The fraction of sp³-hybridized carbons (Fsp3) is 0.333. The summed E-state index contributed by atoms with van der Waals surface area (Å²) < 4.78 is 66.2. The second-order valence-corrected chi connectivity index (χ2v) is 5.70. The highest BCUT2D eigenvalue weighted by Gasteiger charge is 2.15. The lowest BCUT2D eigenvalue weighted by Gasteiger charge is -2.10. The highest BCUT2D eigenvalue weighted by Crippen LogP contribution is 2.32. The number of nitrogens with two attached hydrogens (primary N) is 1. The molecule has 146 valence electrons. The molecule has 2 rings (SSSR count). The summed E-state index contributed by atoms with van der Waals surface area (Å²) in [5.41, 5.74) is 3.78. The van der Waals surface area contributed by atoms with Crippen LogP contribution in [0.1, 0.15) is 26.7 Å². The normalized spacial score (nSPS) is 12.4. The zero-order chi connectivity index (χ0) is 20.0. The van der Waals surface area contributed by atoms with E-state index in [1.54, 1.807) is 0 Å². The van der Waals surface area contributed by atoms with Crippen molar-refractivity contribution in [3.8, 4) is 11.5 Å². The van der Waals surface area contributed by atoms with Gasteiger partial charge >= 0.3 is 0 Å². The second-order valence-electron chi connectivity index (χ2n) is 5.70. The summed E-state index contributed by atoms with van der Waals surface area (Å²) in [6.45, 7) is 3.73. The third-order valence-corrected chi connectivity index (χ3v) is 3.32. The largest absolute Gasteiger partial charge is 0.493 e. The van der Waals surface area contributed by atoms with Gasteiger partial charge in [-0.2, -0.15) is 0 Å². The van der Waals surface area contributed by atoms with E-state index in [2.05, 4.69) is 10.2 Å². The van der Waals surface area contributed by atoms with E-state index in [1.165, 1.54) is 6.92 Å². The lowest BCUT2D eigenvalue weighted by molar-refractivity contribution is 0.228. The van der Waals surface area contributed by atoms with Crippen molar-refractivity contribution in [2.75, 3.05) is 6.61 Å². The van der Waals surface area contributed by atoms with Gasteiger partial charge in [0, 0.05) is 24.3 Å². The first kappa shape index (κ1) is 20.6. The van der Waals surface area contributed by atoms with Crippen LogP contribution < -0.4 is 15.2 Å². The fourth-order valence-electron chi connectivity index (χ4n) is 2.08. The van der Waals surface area contributed by atoms with Crippen molar-refractivity contribution in [3.63, 3.8) is 0 Å². The van der Waals surface area contributed by atoms with Crippen molar-refractivity contribution in [1.29, 1.82) is 0 Å². The topological polar surface area (TPSA) is 69.2 Å². The van der Waals surface area contributed by atoms with E-state index in [9.17, 15) is 17.6 Å². The van der Waals surface area contributed by atoms with Gasteiger partial charge in [-0.25, -0.2) is 17.6 Å². The van der Waals surface area contributed by atoms with Crippen molar-refractivity contribution >= 4 is 11.4 Å². The molecule has 0 saturated heterocycles. The van der Waals surface area contributed by atoms with Gasteiger partial charge in [0.2, 0.25) is 0 Å². The van der Waals surface area contributed by atoms with Gasteiger partial charge in [-0.1, -0.05) is 13.3 Å². The molecule has 1 atom stereocenters. The van der Waals surface area contributed by atoms with Gasteiger partial charge in [0.25, 0.3) is 0 Å². The molecule has 9 heteroatoms. The second kappa shape index (κ2) is 9.31. The number of hydrogen-bond donors (Lipinski definition) is 1. The van der Waals surface area contributed by atoms with E-state index in [0.29, 0.717) is 6.61 Å². The molecule has 0 spiro atoms. The first-order valence-electron chi connectivity index (χ1n) is 8.26. The molecule has 0 heterocycles. The molecule has 1 unspecified atom stereocenters. The maximum absolute atomic E-state index is 14.0. The van der Waals surface area contributed by atoms with E-state index in [-0.39, 0.29) is 11.5 Å². The summed E-state index contributed by atoms with van der Waals surface area (Å²) in [4.78, 5) is 0. The number of nitrogens with zero attached hydrogens (tertiary/aromatic N) is 2. The Morgan fingerprint density at radius 3 is 1.74 bits per heavy atom. The molecule has 0 aliphatic rings. The zero-order valence-electron chi connectivity index (χ0n) is 14.8. The molecule has 2 aromatic carbocycles. The average Bonchev–Trinajstić information content (AvgIpc) is 2.55. The van der Waals surface area contributed by atoms with E-state index in [4.69, 9.17) is 15.2 Å². The number of rotatable bonds is 8. The van der Waals surface area contributed by atoms with E-state index >= 15 is 0 Å². The van der Waals surface area contributed by atoms with Crippen LogP contribution in [0.3, 0.4) is 0 Å².